The molecule has 13 heavy (non-hydrogen) atoms. The molecule has 0 saturated heterocycles. The molecule has 1 fully saturated rings. The van der Waals surface area contributed by atoms with Gasteiger partial charge in [-0.1, -0.05) is 23.7 Å². The number of carbonyl (C=O) groups is 1. The van der Waals surface area contributed by atoms with Gasteiger partial charge in [-0.3, -0.25) is 0 Å². The van der Waals surface area contributed by atoms with Gasteiger partial charge in [-0.15, -0.1) is 5.12 Å². The highest BCUT2D eigenvalue weighted by Crippen LogP contribution is 2.29. The van der Waals surface area contributed by atoms with Crippen LogP contribution in [0.1, 0.15) is 32.1 Å². The van der Waals surface area contributed by atoms with E-state index in [0.29, 0.717) is 12.8 Å². The molecule has 0 aromatic rings. The fourth-order valence-corrected chi connectivity index (χ4v) is 1.70. The third-order valence-electron chi connectivity index (χ3n) is 2.44. The van der Waals surface area contributed by atoms with E-state index in [-0.39, 0.29) is 0 Å². The summed E-state index contributed by atoms with van der Waals surface area (Å²) in [5.74, 6) is -0.463. The first kappa shape index (κ1) is 10.2. The summed E-state index contributed by atoms with van der Waals surface area (Å²) in [6, 6.07) is 0. The molecule has 0 aromatic heterocycles. The van der Waals surface area contributed by atoms with Crippen LogP contribution in [0.15, 0.2) is 0 Å². The Morgan fingerprint density at radius 3 is 2.38 bits per heavy atom. The second-order valence-electron chi connectivity index (χ2n) is 3.36. The molecule has 1 aliphatic carbocycles. The Kier molecular flexibility index (Phi) is 3.45. The molecule has 1 atom stereocenters. The molecule has 0 radical (unpaired) electrons. The molecule has 0 bridgehead atoms. The van der Waals surface area contributed by atoms with Crippen molar-refractivity contribution in [3.63, 3.8) is 0 Å². The maximum absolute atomic E-state index is 13.1. The van der Waals surface area contributed by atoms with Gasteiger partial charge in [-0.2, -0.15) is 0 Å². The van der Waals surface area contributed by atoms with E-state index in [1.807, 2.05) is 0 Å². The Morgan fingerprint density at radius 2 is 1.92 bits per heavy atom. The standard InChI is InChI=1S/C8H13F2NO2/c9-7(11(10)8(12)13)6-4-2-1-3-5-6/h6-7H,1-5H2,(H,12,13). The summed E-state index contributed by atoms with van der Waals surface area (Å²) in [5, 5.41) is 7.47. The Balaban J connectivity index is 2.44. The number of halogens is 2. The monoisotopic (exact) mass is 193 g/mol. The van der Waals surface area contributed by atoms with Crippen molar-refractivity contribution in [3.05, 3.63) is 0 Å². The molecule has 1 unspecified atom stereocenters. The summed E-state index contributed by atoms with van der Waals surface area (Å²) >= 11 is 0. The van der Waals surface area contributed by atoms with E-state index in [1.54, 1.807) is 0 Å². The highest BCUT2D eigenvalue weighted by Gasteiger charge is 2.32. The topological polar surface area (TPSA) is 40.5 Å². The van der Waals surface area contributed by atoms with E-state index in [0.717, 1.165) is 19.3 Å². The van der Waals surface area contributed by atoms with Crippen molar-refractivity contribution in [2.45, 2.75) is 38.4 Å². The molecular weight excluding hydrogens is 180 g/mol. The van der Waals surface area contributed by atoms with Crippen LogP contribution < -0.4 is 0 Å². The summed E-state index contributed by atoms with van der Waals surface area (Å²) in [5.41, 5.74) is 0. The number of amides is 1. The number of hydrogen-bond acceptors (Lipinski definition) is 1. The fourth-order valence-electron chi connectivity index (χ4n) is 1.70. The van der Waals surface area contributed by atoms with Crippen LogP contribution >= 0.6 is 0 Å². The van der Waals surface area contributed by atoms with Crippen LogP contribution in [-0.4, -0.2) is 22.6 Å². The van der Waals surface area contributed by atoms with Gasteiger partial charge >= 0.3 is 6.09 Å². The van der Waals surface area contributed by atoms with Gasteiger partial charge in [0, 0.05) is 5.92 Å². The molecule has 3 nitrogen and oxygen atoms in total. The number of hydrogen-bond donors (Lipinski definition) is 1. The van der Waals surface area contributed by atoms with Crippen LogP contribution in [0.5, 0.6) is 0 Å². The van der Waals surface area contributed by atoms with Crippen LogP contribution in [0, 0.1) is 5.92 Å². The minimum Gasteiger partial charge on any atom is -0.463 e. The third-order valence-corrected chi connectivity index (χ3v) is 2.44. The average molecular weight is 193 g/mol. The average Bonchev–Trinajstić information content (AvgIpc) is 2.17. The molecule has 0 heterocycles. The van der Waals surface area contributed by atoms with Gasteiger partial charge < -0.3 is 5.11 Å². The second kappa shape index (κ2) is 4.39. The van der Waals surface area contributed by atoms with Crippen molar-refractivity contribution in [2.24, 2.45) is 5.92 Å². The molecule has 1 saturated carbocycles. The lowest BCUT2D eigenvalue weighted by Crippen LogP contribution is -2.36. The molecule has 5 heteroatoms. The van der Waals surface area contributed by atoms with Crippen molar-refractivity contribution < 1.29 is 18.8 Å². The highest BCUT2D eigenvalue weighted by molar-refractivity contribution is 5.63. The Bertz CT molecular complexity index is 183. The predicted octanol–water partition coefficient (Wildman–Crippen LogP) is 2.73. The van der Waals surface area contributed by atoms with Gasteiger partial charge in [-0.05, 0) is 12.8 Å². The van der Waals surface area contributed by atoms with E-state index in [4.69, 9.17) is 5.11 Å². The van der Waals surface area contributed by atoms with Gasteiger partial charge in [-0.25, -0.2) is 9.18 Å². The lowest BCUT2D eigenvalue weighted by molar-refractivity contribution is -0.0863. The molecular formula is C8H13F2NO2. The molecule has 76 valence electrons. The van der Waals surface area contributed by atoms with Crippen LogP contribution in [0.3, 0.4) is 0 Å². The van der Waals surface area contributed by atoms with Gasteiger partial charge in [0.05, 0.1) is 0 Å². The predicted molar refractivity (Wildman–Crippen MR) is 42.4 cm³/mol. The highest BCUT2D eigenvalue weighted by atomic mass is 19.2. The van der Waals surface area contributed by atoms with Crippen molar-refractivity contribution in [2.75, 3.05) is 0 Å². The maximum Gasteiger partial charge on any atom is 0.438 e. The molecule has 0 aliphatic heterocycles. The number of nitrogens with zero attached hydrogens (tertiary/aromatic N) is 1. The van der Waals surface area contributed by atoms with Crippen molar-refractivity contribution in [3.8, 4) is 0 Å². The zero-order valence-corrected chi connectivity index (χ0v) is 7.25. The number of carboxylic acid groups (broad SMARTS) is 1. The minimum atomic E-state index is -1.99. The molecule has 1 N–H and O–H groups in total. The largest absolute Gasteiger partial charge is 0.463 e. The van der Waals surface area contributed by atoms with E-state index in [9.17, 15) is 13.7 Å². The van der Waals surface area contributed by atoms with Gasteiger partial charge in [0.1, 0.15) is 0 Å². The van der Waals surface area contributed by atoms with Crippen LogP contribution in [0.2, 0.25) is 0 Å². The first-order valence-corrected chi connectivity index (χ1v) is 4.45. The van der Waals surface area contributed by atoms with Crippen LogP contribution in [0.4, 0.5) is 13.7 Å². The van der Waals surface area contributed by atoms with Crippen molar-refractivity contribution in [1.82, 2.24) is 5.12 Å². The normalized spacial score (nSPS) is 21.1. The first-order valence-electron chi connectivity index (χ1n) is 4.45. The van der Waals surface area contributed by atoms with Crippen molar-refractivity contribution in [1.29, 1.82) is 0 Å². The smallest absolute Gasteiger partial charge is 0.438 e. The Labute approximate surface area is 75.3 Å². The van der Waals surface area contributed by atoms with Gasteiger partial charge in [0.2, 0.25) is 6.30 Å². The molecule has 1 aliphatic rings. The summed E-state index contributed by atoms with van der Waals surface area (Å²) in [6.07, 6.45) is 0.0690. The number of alkyl halides is 1. The second-order valence-corrected chi connectivity index (χ2v) is 3.36. The van der Waals surface area contributed by atoms with Gasteiger partial charge in [0.25, 0.3) is 0 Å². The molecule has 0 aromatic carbocycles. The SMILES string of the molecule is O=C(O)N(F)C(F)C1CCCCC1. The van der Waals surface area contributed by atoms with E-state index < -0.39 is 23.4 Å². The van der Waals surface area contributed by atoms with Crippen LogP contribution in [-0.2, 0) is 0 Å². The number of rotatable bonds is 2. The first-order chi connectivity index (χ1) is 6.13. The van der Waals surface area contributed by atoms with E-state index in [1.165, 1.54) is 0 Å². The fraction of sp³-hybridized carbons (Fsp3) is 0.875. The van der Waals surface area contributed by atoms with E-state index in [2.05, 4.69) is 0 Å². The zero-order valence-electron chi connectivity index (χ0n) is 7.25. The van der Waals surface area contributed by atoms with E-state index >= 15 is 0 Å². The Morgan fingerprint density at radius 1 is 1.38 bits per heavy atom. The molecule has 0 spiro atoms. The maximum atomic E-state index is 13.1. The molecule has 1 amide bonds. The lowest BCUT2D eigenvalue weighted by Gasteiger charge is -2.26. The summed E-state index contributed by atoms with van der Waals surface area (Å²) in [4.78, 5) is 10.1. The van der Waals surface area contributed by atoms with Crippen LogP contribution in [0.25, 0.3) is 0 Å². The van der Waals surface area contributed by atoms with Crippen molar-refractivity contribution >= 4 is 6.09 Å². The summed E-state index contributed by atoms with van der Waals surface area (Å²) in [7, 11) is 0. The molecule has 1 rings (SSSR count). The van der Waals surface area contributed by atoms with Gasteiger partial charge in [0.15, 0.2) is 0 Å². The zero-order chi connectivity index (χ0) is 9.84. The third kappa shape index (κ3) is 2.54. The summed E-state index contributed by atoms with van der Waals surface area (Å²) in [6.45, 7) is 0. The minimum absolute atomic E-state index is 0.463. The summed E-state index contributed by atoms with van der Waals surface area (Å²) < 4.78 is 25.7. The lowest BCUT2D eigenvalue weighted by atomic mass is 9.88. The quantitative estimate of drug-likeness (QED) is 0.541. The Hall–Kier alpha value is -0.870.